The average molecular weight is 371 g/mol. The van der Waals surface area contributed by atoms with Crippen LogP contribution < -0.4 is 9.47 Å². The van der Waals surface area contributed by atoms with E-state index in [2.05, 4.69) is 0 Å². The van der Waals surface area contributed by atoms with Crippen LogP contribution in [0.3, 0.4) is 0 Å². The first-order valence-corrected chi connectivity index (χ1v) is 7.97. The molecule has 1 unspecified atom stereocenters. The summed E-state index contributed by atoms with van der Waals surface area (Å²) < 4.78 is 49.5. The molecule has 1 heterocycles. The molecule has 0 aromatic heterocycles. The van der Waals surface area contributed by atoms with Gasteiger partial charge in [0.05, 0.1) is 20.3 Å². The fraction of sp³-hybridized carbons (Fsp3) is 0.444. The summed E-state index contributed by atoms with van der Waals surface area (Å²) in [5.74, 6) is -1.05. The first-order chi connectivity index (χ1) is 12.2. The number of nitrogens with zero attached hydrogens (tertiary/aromatic N) is 1. The predicted octanol–water partition coefficient (Wildman–Crippen LogP) is 3.23. The topological polar surface area (TPSA) is 55.8 Å². The number of alkyl halides is 3. The van der Waals surface area contributed by atoms with Crippen LogP contribution in [0.4, 0.5) is 13.2 Å². The quantitative estimate of drug-likeness (QED) is 0.589. The van der Waals surface area contributed by atoms with Gasteiger partial charge in [-0.25, -0.2) is 0 Å². The molecule has 1 aliphatic heterocycles. The Bertz CT molecular complexity index is 728. The lowest BCUT2D eigenvalue weighted by molar-refractivity contribution is -0.188. The van der Waals surface area contributed by atoms with Crippen LogP contribution in [-0.2, 0) is 16.0 Å². The van der Waals surface area contributed by atoms with Crippen molar-refractivity contribution < 1.29 is 32.2 Å². The van der Waals surface area contributed by atoms with Crippen molar-refractivity contribution in [1.82, 2.24) is 4.90 Å². The predicted molar refractivity (Wildman–Crippen MR) is 88.2 cm³/mol. The molecule has 2 rings (SSSR count). The van der Waals surface area contributed by atoms with E-state index in [1.807, 2.05) is 0 Å². The maximum Gasteiger partial charge on any atom is 0.471 e. The molecule has 0 saturated carbocycles. The van der Waals surface area contributed by atoms with Gasteiger partial charge in [-0.1, -0.05) is 6.08 Å². The maximum absolute atomic E-state index is 13.0. The Kier molecular flexibility index (Phi) is 5.94. The molecule has 142 valence electrons. The third-order valence-electron chi connectivity index (χ3n) is 4.35. The van der Waals surface area contributed by atoms with Gasteiger partial charge in [0.1, 0.15) is 6.29 Å². The molecule has 0 N–H and O–H groups in total. The lowest BCUT2D eigenvalue weighted by Crippen LogP contribution is -2.46. The van der Waals surface area contributed by atoms with Gasteiger partial charge in [0.25, 0.3) is 0 Å². The van der Waals surface area contributed by atoms with Gasteiger partial charge < -0.3 is 14.4 Å². The molecule has 1 aromatic carbocycles. The van der Waals surface area contributed by atoms with E-state index < -0.39 is 18.1 Å². The summed E-state index contributed by atoms with van der Waals surface area (Å²) in [7, 11) is 2.90. The highest BCUT2D eigenvalue weighted by Crippen LogP contribution is 2.41. The molecule has 1 amide bonds. The average Bonchev–Trinajstić information content (AvgIpc) is 2.62. The van der Waals surface area contributed by atoms with Crippen LogP contribution in [0.5, 0.6) is 11.5 Å². The van der Waals surface area contributed by atoms with E-state index in [0.717, 1.165) is 10.5 Å². The van der Waals surface area contributed by atoms with Crippen LogP contribution >= 0.6 is 0 Å². The van der Waals surface area contributed by atoms with Gasteiger partial charge in [-0.15, -0.1) is 0 Å². The molecular weight excluding hydrogens is 351 g/mol. The van der Waals surface area contributed by atoms with Crippen molar-refractivity contribution in [3.8, 4) is 11.5 Å². The SMILES string of the molecule is COc1cc2c(cc1OC)C(C/C=C(\C)C=O)N(C(=O)C(F)(F)F)CC2. The number of carbonyl (C=O) groups is 2. The van der Waals surface area contributed by atoms with E-state index in [1.165, 1.54) is 20.3 Å². The Morgan fingerprint density at radius 2 is 1.88 bits per heavy atom. The molecule has 0 bridgehead atoms. The zero-order valence-electron chi connectivity index (χ0n) is 14.7. The second-order valence-corrected chi connectivity index (χ2v) is 5.97. The maximum atomic E-state index is 13.0. The highest BCUT2D eigenvalue weighted by atomic mass is 19.4. The summed E-state index contributed by atoms with van der Waals surface area (Å²) in [5.41, 5.74) is 1.73. The molecule has 0 saturated heterocycles. The van der Waals surface area contributed by atoms with Crippen LogP contribution in [0, 0.1) is 0 Å². The van der Waals surface area contributed by atoms with Gasteiger partial charge in [-0.2, -0.15) is 13.2 Å². The van der Waals surface area contributed by atoms with E-state index in [0.29, 0.717) is 28.9 Å². The second kappa shape index (κ2) is 7.80. The molecule has 0 aliphatic carbocycles. The molecule has 1 aliphatic rings. The van der Waals surface area contributed by atoms with Gasteiger partial charge in [-0.05, 0) is 48.6 Å². The largest absolute Gasteiger partial charge is 0.493 e. The van der Waals surface area contributed by atoms with Crippen LogP contribution in [0.1, 0.15) is 30.5 Å². The van der Waals surface area contributed by atoms with Gasteiger partial charge in [0.15, 0.2) is 11.5 Å². The monoisotopic (exact) mass is 371 g/mol. The molecule has 0 spiro atoms. The number of hydrogen-bond donors (Lipinski definition) is 0. The van der Waals surface area contributed by atoms with Crippen molar-refractivity contribution >= 4 is 12.2 Å². The van der Waals surface area contributed by atoms with Crippen molar-refractivity contribution in [2.75, 3.05) is 20.8 Å². The smallest absolute Gasteiger partial charge is 0.471 e. The minimum atomic E-state index is -4.96. The van der Waals surface area contributed by atoms with Crippen LogP contribution in [0.2, 0.25) is 0 Å². The molecule has 1 aromatic rings. The van der Waals surface area contributed by atoms with Crippen molar-refractivity contribution in [2.24, 2.45) is 0 Å². The number of allylic oxidation sites excluding steroid dienone is 1. The number of fused-ring (bicyclic) bond motifs is 1. The lowest BCUT2D eigenvalue weighted by atomic mass is 9.89. The Morgan fingerprint density at radius 3 is 2.42 bits per heavy atom. The number of hydrogen-bond acceptors (Lipinski definition) is 4. The third kappa shape index (κ3) is 4.00. The van der Waals surface area contributed by atoms with Crippen LogP contribution in [0.25, 0.3) is 0 Å². The number of ether oxygens (including phenoxy) is 2. The first kappa shape index (κ1) is 19.8. The first-order valence-electron chi connectivity index (χ1n) is 7.97. The minimum Gasteiger partial charge on any atom is -0.493 e. The zero-order chi connectivity index (χ0) is 19.5. The molecule has 0 fully saturated rings. The van der Waals surface area contributed by atoms with E-state index >= 15 is 0 Å². The number of benzene rings is 1. The molecule has 5 nitrogen and oxygen atoms in total. The number of amides is 1. The van der Waals surface area contributed by atoms with Gasteiger partial charge in [-0.3, -0.25) is 9.59 Å². The minimum absolute atomic E-state index is 0.0700. The molecule has 26 heavy (non-hydrogen) atoms. The number of methoxy groups -OCH3 is 2. The van der Waals surface area contributed by atoms with Crippen LogP contribution in [-0.4, -0.2) is 44.0 Å². The summed E-state index contributed by atoms with van der Waals surface area (Å²) in [6, 6.07) is 2.47. The normalized spacial score (nSPS) is 17.5. The fourth-order valence-corrected chi connectivity index (χ4v) is 3.03. The number of aldehydes is 1. The molecule has 0 radical (unpaired) electrons. The third-order valence-corrected chi connectivity index (χ3v) is 4.35. The number of rotatable bonds is 5. The van der Waals surface area contributed by atoms with Crippen molar-refractivity contribution in [3.63, 3.8) is 0 Å². The van der Waals surface area contributed by atoms with Crippen LogP contribution in [0.15, 0.2) is 23.8 Å². The summed E-state index contributed by atoms with van der Waals surface area (Å²) in [5, 5.41) is 0. The Hall–Kier alpha value is -2.51. The highest BCUT2D eigenvalue weighted by Gasteiger charge is 2.46. The van der Waals surface area contributed by atoms with Crippen molar-refractivity contribution in [2.45, 2.75) is 32.0 Å². The van der Waals surface area contributed by atoms with E-state index in [1.54, 1.807) is 19.1 Å². The van der Waals surface area contributed by atoms with E-state index in [-0.39, 0.29) is 19.4 Å². The number of halogens is 3. The summed E-state index contributed by atoms with van der Waals surface area (Å²) in [6.07, 6.45) is -2.45. The Morgan fingerprint density at radius 1 is 1.27 bits per heavy atom. The fourth-order valence-electron chi connectivity index (χ4n) is 3.03. The van der Waals surface area contributed by atoms with Gasteiger partial charge in [0, 0.05) is 6.54 Å². The lowest BCUT2D eigenvalue weighted by Gasteiger charge is -2.37. The Balaban J connectivity index is 2.52. The van der Waals surface area contributed by atoms with Gasteiger partial charge >= 0.3 is 12.1 Å². The van der Waals surface area contributed by atoms with E-state index in [9.17, 15) is 22.8 Å². The van der Waals surface area contributed by atoms with Crippen molar-refractivity contribution in [1.29, 1.82) is 0 Å². The van der Waals surface area contributed by atoms with Gasteiger partial charge in [0.2, 0.25) is 0 Å². The second-order valence-electron chi connectivity index (χ2n) is 5.97. The standard InChI is InChI=1S/C18H20F3NO4/c1-11(10-23)4-5-14-13-9-16(26-3)15(25-2)8-12(13)6-7-22(14)17(24)18(19,20)21/h4,8-10,14H,5-7H2,1-3H3/b11-4+. The zero-order valence-corrected chi connectivity index (χ0v) is 14.7. The molecule has 1 atom stereocenters. The number of carbonyl (C=O) groups excluding carboxylic acids is 2. The van der Waals surface area contributed by atoms with E-state index in [4.69, 9.17) is 9.47 Å². The molecular formula is C18H20F3NO4. The summed E-state index contributed by atoms with van der Waals surface area (Å²) in [4.78, 5) is 23.5. The Labute approximate surface area is 149 Å². The summed E-state index contributed by atoms with van der Waals surface area (Å²) in [6.45, 7) is 1.49. The van der Waals surface area contributed by atoms with Crippen molar-refractivity contribution in [3.05, 3.63) is 34.9 Å². The highest BCUT2D eigenvalue weighted by molar-refractivity contribution is 5.83. The summed E-state index contributed by atoms with van der Waals surface area (Å²) >= 11 is 0. The molecule has 8 heteroatoms.